The number of β-amino-alcohol motifs (C(OH)–C–C–N with tert-alkyl or cyclic N) is 1. The first-order valence-electron chi connectivity index (χ1n) is 9.99. The molecule has 0 aliphatic carbocycles. The molecule has 2 aromatic carbocycles. The van der Waals surface area contributed by atoms with E-state index in [1.807, 2.05) is 30.3 Å². The van der Waals surface area contributed by atoms with Crippen molar-refractivity contribution in [2.45, 2.75) is 38.3 Å². The maximum absolute atomic E-state index is 11.9. The molecule has 1 unspecified atom stereocenters. The Morgan fingerprint density at radius 1 is 1.00 bits per heavy atom. The van der Waals surface area contributed by atoms with Crippen molar-refractivity contribution >= 4 is 11.5 Å². The fraction of sp³-hybridized carbons (Fsp3) is 0.435. The first kappa shape index (κ1) is 18.8. The van der Waals surface area contributed by atoms with Crippen molar-refractivity contribution < 1.29 is 19.2 Å². The monoisotopic (exact) mass is 381 g/mol. The zero-order valence-corrected chi connectivity index (χ0v) is 16.9. The molecule has 2 heterocycles. The average Bonchev–Trinajstić information content (AvgIpc) is 2.87. The van der Waals surface area contributed by atoms with Gasteiger partial charge in [0.15, 0.2) is 18.0 Å². The summed E-state index contributed by atoms with van der Waals surface area (Å²) in [5, 5.41) is 11.9. The van der Waals surface area contributed by atoms with Crippen LogP contribution < -0.4 is 14.4 Å². The van der Waals surface area contributed by atoms with Gasteiger partial charge in [-0.25, -0.2) is 9.48 Å². The third-order valence-electron chi connectivity index (χ3n) is 5.92. The zero-order chi connectivity index (χ0) is 19.7. The minimum atomic E-state index is -1.05. The Labute approximate surface area is 166 Å². The summed E-state index contributed by atoms with van der Waals surface area (Å²) in [5.41, 5.74) is 2.01. The van der Waals surface area contributed by atoms with Gasteiger partial charge in [-0.15, -0.1) is 0 Å². The van der Waals surface area contributed by atoms with Gasteiger partial charge < -0.3 is 14.6 Å². The van der Waals surface area contributed by atoms with Crippen molar-refractivity contribution in [1.29, 1.82) is 0 Å². The van der Waals surface area contributed by atoms with Crippen LogP contribution in [0.5, 0.6) is 11.5 Å². The van der Waals surface area contributed by atoms with Crippen molar-refractivity contribution in [3.63, 3.8) is 0 Å². The molecule has 4 rings (SSSR count). The lowest BCUT2D eigenvalue weighted by atomic mass is 10.0. The molecule has 2 aliphatic heterocycles. The van der Waals surface area contributed by atoms with E-state index >= 15 is 0 Å². The average molecular weight is 381 g/mol. The molecule has 0 saturated carbocycles. The molecule has 0 saturated heterocycles. The zero-order valence-electron chi connectivity index (χ0n) is 16.9. The van der Waals surface area contributed by atoms with Gasteiger partial charge in [0.2, 0.25) is 0 Å². The summed E-state index contributed by atoms with van der Waals surface area (Å²) in [4.78, 5) is 2.21. The first-order valence-corrected chi connectivity index (χ1v) is 9.99. The van der Waals surface area contributed by atoms with E-state index in [-0.39, 0.29) is 0 Å². The molecular formula is C23H29N2O3+. The van der Waals surface area contributed by atoms with Crippen LogP contribution in [-0.2, 0) is 5.72 Å². The van der Waals surface area contributed by atoms with Crippen molar-refractivity contribution in [2.24, 2.45) is 0 Å². The highest BCUT2D eigenvalue weighted by molar-refractivity contribution is 5.97. The summed E-state index contributed by atoms with van der Waals surface area (Å²) in [6.07, 6.45) is 4.32. The number of amidine groups is 1. The van der Waals surface area contributed by atoms with Crippen molar-refractivity contribution in [3.8, 4) is 11.5 Å². The Bertz CT molecular complexity index is 891. The van der Waals surface area contributed by atoms with Crippen molar-refractivity contribution in [2.75, 3.05) is 32.2 Å². The molecule has 0 bridgehead atoms. The summed E-state index contributed by atoms with van der Waals surface area (Å²) in [7, 11) is 3.35. The molecule has 2 aromatic rings. The van der Waals surface area contributed by atoms with Crippen LogP contribution in [0.3, 0.4) is 0 Å². The largest absolute Gasteiger partial charge is 0.497 e. The third kappa shape index (κ3) is 3.14. The molecular weight excluding hydrogens is 352 g/mol. The van der Waals surface area contributed by atoms with E-state index in [4.69, 9.17) is 9.47 Å². The van der Waals surface area contributed by atoms with Crippen LogP contribution in [0.1, 0.15) is 36.8 Å². The number of aryl methyl sites for hydroxylation is 1. The van der Waals surface area contributed by atoms with Crippen molar-refractivity contribution in [3.05, 3.63) is 53.6 Å². The number of nitrogens with zero attached hydrogens (tertiary/aromatic N) is 2. The Kier molecular flexibility index (Phi) is 5.02. The summed E-state index contributed by atoms with van der Waals surface area (Å²) in [6, 6.07) is 14.1. The quantitative estimate of drug-likeness (QED) is 0.821. The molecule has 148 valence electrons. The van der Waals surface area contributed by atoms with E-state index < -0.39 is 5.72 Å². The molecule has 5 nitrogen and oxygen atoms in total. The van der Waals surface area contributed by atoms with Gasteiger partial charge in [-0.1, -0.05) is 29.8 Å². The van der Waals surface area contributed by atoms with Gasteiger partial charge in [-0.05, 0) is 38.3 Å². The smallest absolute Gasteiger partial charge is 0.271 e. The molecule has 0 radical (unpaired) electrons. The number of aliphatic hydroxyl groups is 1. The van der Waals surface area contributed by atoms with Crippen LogP contribution in [-0.4, -0.2) is 42.8 Å². The molecule has 1 atom stereocenters. The molecule has 1 N–H and O–H groups in total. The lowest BCUT2D eigenvalue weighted by Crippen LogP contribution is -2.41. The normalized spacial score (nSPS) is 22.1. The van der Waals surface area contributed by atoms with Gasteiger partial charge in [0, 0.05) is 18.1 Å². The maximum Gasteiger partial charge on any atom is 0.271 e. The number of methoxy groups -OCH3 is 2. The molecule has 0 fully saturated rings. The van der Waals surface area contributed by atoms with E-state index in [2.05, 4.69) is 28.5 Å². The third-order valence-corrected chi connectivity index (χ3v) is 5.92. The second-order valence-corrected chi connectivity index (χ2v) is 7.69. The van der Waals surface area contributed by atoms with Crippen molar-refractivity contribution in [1.82, 2.24) is 0 Å². The van der Waals surface area contributed by atoms with Gasteiger partial charge in [-0.2, -0.15) is 0 Å². The molecule has 0 amide bonds. The lowest BCUT2D eigenvalue weighted by Gasteiger charge is -2.24. The van der Waals surface area contributed by atoms with Gasteiger partial charge in [-0.3, -0.25) is 0 Å². The molecule has 0 spiro atoms. The van der Waals surface area contributed by atoms with Crippen LogP contribution in [0.25, 0.3) is 0 Å². The number of hydrogen-bond acceptors (Lipinski definition) is 4. The van der Waals surface area contributed by atoms with E-state index in [0.29, 0.717) is 6.54 Å². The standard InChI is InChI=1S/C23H29N2O3/c1-17-8-10-18(11-9-17)23(26)16-24(22-7-5-4-6-14-25(22)23)20-15-19(27-2)12-13-21(20)28-3/h8-13,15,26H,4-7,14,16H2,1-3H3/q+1. The fourth-order valence-corrected chi connectivity index (χ4v) is 4.37. The van der Waals surface area contributed by atoms with Gasteiger partial charge >= 0.3 is 0 Å². The molecule has 2 aliphatic rings. The van der Waals surface area contributed by atoms with Crippen LogP contribution in [0.4, 0.5) is 5.69 Å². The highest BCUT2D eigenvalue weighted by Crippen LogP contribution is 2.40. The summed E-state index contributed by atoms with van der Waals surface area (Å²) >= 11 is 0. The second kappa shape index (κ2) is 7.47. The van der Waals surface area contributed by atoms with E-state index in [1.54, 1.807) is 14.2 Å². The van der Waals surface area contributed by atoms with E-state index in [0.717, 1.165) is 54.4 Å². The minimum Gasteiger partial charge on any atom is -0.497 e. The number of rotatable bonds is 4. The molecule has 5 heteroatoms. The Hall–Kier alpha value is -2.53. The first-order chi connectivity index (χ1) is 13.6. The lowest BCUT2D eigenvalue weighted by molar-refractivity contribution is -0.658. The molecule has 0 aromatic heterocycles. The number of hydrogen-bond donors (Lipinski definition) is 1. The summed E-state index contributed by atoms with van der Waals surface area (Å²) in [6.45, 7) is 3.39. The molecule has 28 heavy (non-hydrogen) atoms. The SMILES string of the molecule is COc1ccc(OC)c(N2CC(O)(c3ccc(C)cc3)[N+]3=C2CCCCC3)c1. The summed E-state index contributed by atoms with van der Waals surface area (Å²) < 4.78 is 13.3. The topological polar surface area (TPSA) is 44.9 Å². The van der Waals surface area contributed by atoms with Gasteiger partial charge in [0.1, 0.15) is 5.75 Å². The van der Waals surface area contributed by atoms with Crippen LogP contribution >= 0.6 is 0 Å². The van der Waals surface area contributed by atoms with Crippen LogP contribution in [0.15, 0.2) is 42.5 Å². The highest BCUT2D eigenvalue weighted by atomic mass is 16.5. The summed E-state index contributed by atoms with van der Waals surface area (Å²) in [5.74, 6) is 2.72. The fourth-order valence-electron chi connectivity index (χ4n) is 4.37. The minimum absolute atomic E-state index is 0.467. The number of anilines is 1. The predicted molar refractivity (Wildman–Crippen MR) is 111 cm³/mol. The second-order valence-electron chi connectivity index (χ2n) is 7.69. The van der Waals surface area contributed by atoms with Crippen LogP contribution in [0, 0.1) is 6.92 Å². The maximum atomic E-state index is 11.9. The Morgan fingerprint density at radius 3 is 2.50 bits per heavy atom. The number of benzene rings is 2. The highest BCUT2D eigenvalue weighted by Gasteiger charge is 2.52. The van der Waals surface area contributed by atoms with E-state index in [9.17, 15) is 5.11 Å². The predicted octanol–water partition coefficient (Wildman–Crippen LogP) is 3.66. The van der Waals surface area contributed by atoms with Gasteiger partial charge in [0.05, 0.1) is 20.8 Å². The van der Waals surface area contributed by atoms with Gasteiger partial charge in [0.25, 0.3) is 11.6 Å². The Morgan fingerprint density at radius 2 is 1.79 bits per heavy atom. The number of ether oxygens (including phenoxy) is 2. The Balaban J connectivity index is 1.84. The van der Waals surface area contributed by atoms with E-state index in [1.165, 1.54) is 12.0 Å². The van der Waals surface area contributed by atoms with Crippen LogP contribution in [0.2, 0.25) is 0 Å².